The number of hydrogen-bond acceptors (Lipinski definition) is 4. The first kappa shape index (κ1) is 20.3. The van der Waals surface area contributed by atoms with Gasteiger partial charge in [-0.15, -0.1) is 0 Å². The third-order valence-corrected chi connectivity index (χ3v) is 5.88. The first-order chi connectivity index (χ1) is 14.3. The molecule has 1 fully saturated rings. The molecule has 0 aliphatic carbocycles. The molecule has 156 valence electrons. The molecule has 4 rings (SSSR count). The lowest BCUT2D eigenvalue weighted by Gasteiger charge is -2.38. The lowest BCUT2D eigenvalue weighted by Crippen LogP contribution is -2.49. The van der Waals surface area contributed by atoms with Gasteiger partial charge in [-0.1, -0.05) is 23.7 Å². The maximum Gasteiger partial charge on any atom is 0.335 e. The molecule has 2 heterocycles. The Morgan fingerprint density at radius 2 is 1.77 bits per heavy atom. The standard InChI is InChI=1S/C22H22ClN3O4/c1-24-13-18(17-6-5-14(21(27)28)11-19(17)24)20(22(29)30)26-9-7-25(8-10-26)16-4-2-3-15(23)12-16/h2-6,11-13,20H,7-10H2,1H3,(H,27,28)(H,29,30). The Hall–Kier alpha value is -3.03. The summed E-state index contributed by atoms with van der Waals surface area (Å²) in [7, 11) is 1.80. The fourth-order valence-corrected chi connectivity index (χ4v) is 4.35. The van der Waals surface area contributed by atoms with Gasteiger partial charge < -0.3 is 19.7 Å². The summed E-state index contributed by atoms with van der Waals surface area (Å²) in [6.07, 6.45) is 1.79. The van der Waals surface area contributed by atoms with E-state index in [0.717, 1.165) is 11.1 Å². The number of halogens is 1. The van der Waals surface area contributed by atoms with Gasteiger partial charge in [-0.2, -0.15) is 0 Å². The zero-order chi connectivity index (χ0) is 21.4. The second-order valence-electron chi connectivity index (χ2n) is 7.48. The van der Waals surface area contributed by atoms with Crippen molar-refractivity contribution in [3.05, 3.63) is 64.8 Å². The van der Waals surface area contributed by atoms with Gasteiger partial charge >= 0.3 is 11.9 Å². The molecule has 0 amide bonds. The summed E-state index contributed by atoms with van der Waals surface area (Å²) in [6.45, 7) is 2.57. The van der Waals surface area contributed by atoms with Crippen molar-refractivity contribution in [2.24, 2.45) is 7.05 Å². The van der Waals surface area contributed by atoms with Crippen molar-refractivity contribution in [3.63, 3.8) is 0 Å². The van der Waals surface area contributed by atoms with Crippen LogP contribution in [-0.2, 0) is 11.8 Å². The second-order valence-corrected chi connectivity index (χ2v) is 7.91. The zero-order valence-corrected chi connectivity index (χ0v) is 17.2. The van der Waals surface area contributed by atoms with E-state index in [-0.39, 0.29) is 5.56 Å². The van der Waals surface area contributed by atoms with E-state index in [2.05, 4.69) is 4.90 Å². The summed E-state index contributed by atoms with van der Waals surface area (Å²) in [6, 6.07) is 11.7. The number of carboxylic acids is 2. The number of aromatic carboxylic acids is 1. The van der Waals surface area contributed by atoms with E-state index in [1.165, 1.54) is 6.07 Å². The fraction of sp³-hybridized carbons (Fsp3) is 0.273. The van der Waals surface area contributed by atoms with E-state index < -0.39 is 18.0 Å². The molecular formula is C22H22ClN3O4. The predicted octanol–water partition coefficient (Wildman–Crippen LogP) is 3.48. The van der Waals surface area contributed by atoms with Crippen LogP contribution in [0.5, 0.6) is 0 Å². The summed E-state index contributed by atoms with van der Waals surface area (Å²) < 4.78 is 1.79. The molecule has 1 aromatic heterocycles. The third kappa shape index (κ3) is 3.74. The van der Waals surface area contributed by atoms with Gasteiger partial charge in [0.05, 0.1) is 5.56 Å². The van der Waals surface area contributed by atoms with Gasteiger partial charge in [0, 0.05) is 66.6 Å². The number of carbonyl (C=O) groups is 2. The molecule has 7 nitrogen and oxygen atoms in total. The molecule has 8 heteroatoms. The van der Waals surface area contributed by atoms with Crippen molar-refractivity contribution in [2.75, 3.05) is 31.1 Å². The predicted molar refractivity (Wildman–Crippen MR) is 115 cm³/mol. The number of carboxylic acid groups (broad SMARTS) is 2. The minimum Gasteiger partial charge on any atom is -0.480 e. The SMILES string of the molecule is Cn1cc(C(C(=O)O)N2CCN(c3cccc(Cl)c3)CC2)c2ccc(C(=O)O)cc21. The van der Waals surface area contributed by atoms with Crippen molar-refractivity contribution in [1.82, 2.24) is 9.47 Å². The number of piperazine rings is 1. The number of nitrogens with zero attached hydrogens (tertiary/aromatic N) is 3. The molecule has 1 saturated heterocycles. The Morgan fingerprint density at radius 3 is 2.40 bits per heavy atom. The second kappa shape index (κ2) is 8.01. The average Bonchev–Trinajstić information content (AvgIpc) is 3.04. The Kier molecular flexibility index (Phi) is 5.40. The van der Waals surface area contributed by atoms with Crippen LogP contribution in [0.25, 0.3) is 10.9 Å². The Bertz CT molecular complexity index is 1120. The molecule has 30 heavy (non-hydrogen) atoms. The van der Waals surface area contributed by atoms with Crippen LogP contribution < -0.4 is 4.90 Å². The van der Waals surface area contributed by atoms with Crippen molar-refractivity contribution >= 4 is 40.1 Å². The quantitative estimate of drug-likeness (QED) is 0.648. The number of rotatable bonds is 5. The number of benzene rings is 2. The minimum atomic E-state index is -1.01. The molecule has 1 aliphatic rings. The van der Waals surface area contributed by atoms with E-state index in [1.54, 1.807) is 29.9 Å². The summed E-state index contributed by atoms with van der Waals surface area (Å²) >= 11 is 6.10. The summed E-state index contributed by atoms with van der Waals surface area (Å²) in [5.74, 6) is -1.92. The van der Waals surface area contributed by atoms with Gasteiger partial charge in [0.25, 0.3) is 0 Å². The van der Waals surface area contributed by atoms with Gasteiger partial charge in [0.15, 0.2) is 0 Å². The van der Waals surface area contributed by atoms with Crippen molar-refractivity contribution in [1.29, 1.82) is 0 Å². The van der Waals surface area contributed by atoms with Crippen LogP contribution in [0.1, 0.15) is 22.0 Å². The highest BCUT2D eigenvalue weighted by Crippen LogP contribution is 2.32. The number of fused-ring (bicyclic) bond motifs is 1. The molecule has 1 aliphatic heterocycles. The van der Waals surface area contributed by atoms with Crippen LogP contribution in [0.15, 0.2) is 48.7 Å². The van der Waals surface area contributed by atoms with Crippen molar-refractivity contribution in [2.45, 2.75) is 6.04 Å². The summed E-state index contributed by atoms with van der Waals surface area (Å²) in [4.78, 5) is 27.7. The largest absolute Gasteiger partial charge is 0.480 e. The van der Waals surface area contributed by atoms with Crippen molar-refractivity contribution in [3.8, 4) is 0 Å². The normalized spacial score (nSPS) is 16.0. The highest BCUT2D eigenvalue weighted by atomic mass is 35.5. The minimum absolute atomic E-state index is 0.178. The summed E-state index contributed by atoms with van der Waals surface area (Å²) in [5.41, 5.74) is 2.58. The maximum atomic E-state index is 12.2. The molecule has 2 aromatic carbocycles. The van der Waals surface area contributed by atoms with Crippen LogP contribution in [-0.4, -0.2) is 57.8 Å². The molecule has 0 spiro atoms. The van der Waals surface area contributed by atoms with Gasteiger partial charge in [-0.25, -0.2) is 4.79 Å². The smallest absolute Gasteiger partial charge is 0.335 e. The van der Waals surface area contributed by atoms with Crippen LogP contribution in [0.4, 0.5) is 5.69 Å². The number of anilines is 1. The monoisotopic (exact) mass is 427 g/mol. The van der Waals surface area contributed by atoms with E-state index >= 15 is 0 Å². The van der Waals surface area contributed by atoms with Crippen LogP contribution >= 0.6 is 11.6 Å². The number of aromatic nitrogens is 1. The zero-order valence-electron chi connectivity index (χ0n) is 16.5. The number of aliphatic carboxylic acids is 1. The average molecular weight is 428 g/mol. The molecule has 0 radical (unpaired) electrons. The molecule has 0 bridgehead atoms. The Labute approximate surface area is 178 Å². The molecule has 0 saturated carbocycles. The van der Waals surface area contributed by atoms with E-state index in [4.69, 9.17) is 11.6 Å². The number of aryl methyl sites for hydroxylation is 1. The van der Waals surface area contributed by atoms with Crippen LogP contribution in [0.3, 0.4) is 0 Å². The molecule has 2 N–H and O–H groups in total. The highest BCUT2D eigenvalue weighted by Gasteiger charge is 2.32. The fourth-order valence-electron chi connectivity index (χ4n) is 4.16. The van der Waals surface area contributed by atoms with Crippen LogP contribution in [0.2, 0.25) is 5.02 Å². The molecule has 1 unspecified atom stereocenters. The maximum absolute atomic E-state index is 12.2. The molecule has 1 atom stereocenters. The van der Waals surface area contributed by atoms with E-state index in [0.29, 0.717) is 42.3 Å². The van der Waals surface area contributed by atoms with Gasteiger partial charge in [0.1, 0.15) is 6.04 Å². The van der Waals surface area contributed by atoms with Gasteiger partial charge in [0.2, 0.25) is 0 Å². The Morgan fingerprint density at radius 1 is 1.03 bits per heavy atom. The van der Waals surface area contributed by atoms with Crippen molar-refractivity contribution < 1.29 is 19.8 Å². The first-order valence-corrected chi connectivity index (χ1v) is 10.0. The first-order valence-electron chi connectivity index (χ1n) is 9.65. The number of hydrogen-bond donors (Lipinski definition) is 2. The third-order valence-electron chi connectivity index (χ3n) is 5.65. The van der Waals surface area contributed by atoms with Gasteiger partial charge in [-0.05, 0) is 30.3 Å². The topological polar surface area (TPSA) is 86.0 Å². The lowest BCUT2D eigenvalue weighted by molar-refractivity contribution is -0.143. The highest BCUT2D eigenvalue weighted by molar-refractivity contribution is 6.30. The molecule has 3 aromatic rings. The molecular weight excluding hydrogens is 406 g/mol. The van der Waals surface area contributed by atoms with Gasteiger partial charge in [-0.3, -0.25) is 9.69 Å². The van der Waals surface area contributed by atoms with E-state index in [9.17, 15) is 19.8 Å². The van der Waals surface area contributed by atoms with E-state index in [1.807, 2.05) is 29.2 Å². The van der Waals surface area contributed by atoms with Crippen LogP contribution in [0, 0.1) is 0 Å². The summed E-state index contributed by atoms with van der Waals surface area (Å²) in [5, 5.41) is 20.7. The Balaban J connectivity index is 1.61. The lowest BCUT2D eigenvalue weighted by atomic mass is 10.0.